The molecule has 0 atom stereocenters. The van der Waals surface area contributed by atoms with Crippen LogP contribution in [0, 0.1) is 39.0 Å². The minimum absolute atomic E-state index is 0.0989. The number of hydrogen-bond donors (Lipinski definition) is 2. The number of para-hydroxylation sites is 1. The van der Waals surface area contributed by atoms with Gasteiger partial charge in [0.1, 0.15) is 11.6 Å². The van der Waals surface area contributed by atoms with Crippen molar-refractivity contribution in [1.29, 1.82) is 5.26 Å². The van der Waals surface area contributed by atoms with Gasteiger partial charge in [-0.1, -0.05) is 18.2 Å². The molecule has 148 valence electrons. The molecule has 3 aromatic rings. The Kier molecular flexibility index (Phi) is 5.64. The van der Waals surface area contributed by atoms with E-state index in [0.29, 0.717) is 23.4 Å². The van der Waals surface area contributed by atoms with Gasteiger partial charge in [0.05, 0.1) is 22.8 Å². The fourth-order valence-electron chi connectivity index (χ4n) is 3.50. The number of carbonyl (C=O) groups is 1. The van der Waals surface area contributed by atoms with Gasteiger partial charge in [-0.2, -0.15) is 10.4 Å². The fraction of sp³-hybridized carbons (Fsp3) is 0.273. The number of rotatable bonds is 5. The van der Waals surface area contributed by atoms with Crippen LogP contribution in [-0.4, -0.2) is 20.7 Å². The van der Waals surface area contributed by atoms with Gasteiger partial charge in [0.25, 0.3) is 5.56 Å². The summed E-state index contributed by atoms with van der Waals surface area (Å²) in [6, 6.07) is 11.7. The summed E-state index contributed by atoms with van der Waals surface area (Å²) in [6.07, 6.45) is 0.661. The maximum Gasteiger partial charge on any atom is 0.266 e. The second-order valence-electron chi connectivity index (χ2n) is 7.01. The lowest BCUT2D eigenvalue weighted by Crippen LogP contribution is -2.18. The number of anilines is 1. The summed E-state index contributed by atoms with van der Waals surface area (Å²) in [5.74, 6) is -0.146. The Morgan fingerprint density at radius 2 is 1.90 bits per heavy atom. The monoisotopic (exact) mass is 389 g/mol. The average Bonchev–Trinajstić information content (AvgIpc) is 2.97. The zero-order valence-corrected chi connectivity index (χ0v) is 17.0. The molecule has 1 aromatic carbocycles. The van der Waals surface area contributed by atoms with Crippen LogP contribution in [0.2, 0.25) is 0 Å². The quantitative estimate of drug-likeness (QED) is 0.699. The van der Waals surface area contributed by atoms with Crippen molar-refractivity contribution in [3.8, 4) is 11.8 Å². The summed E-state index contributed by atoms with van der Waals surface area (Å²) in [4.78, 5) is 27.1. The summed E-state index contributed by atoms with van der Waals surface area (Å²) in [5.41, 5.74) is 5.06. The van der Waals surface area contributed by atoms with Gasteiger partial charge in [-0.05, 0) is 57.4 Å². The minimum atomic E-state index is -0.393. The summed E-state index contributed by atoms with van der Waals surface area (Å²) in [7, 11) is 0. The van der Waals surface area contributed by atoms with E-state index in [-0.39, 0.29) is 17.9 Å². The van der Waals surface area contributed by atoms with E-state index in [1.54, 1.807) is 18.5 Å². The maximum absolute atomic E-state index is 12.6. The van der Waals surface area contributed by atoms with Crippen LogP contribution in [0.5, 0.6) is 0 Å². The van der Waals surface area contributed by atoms with Gasteiger partial charge in [0.15, 0.2) is 0 Å². The van der Waals surface area contributed by atoms with Crippen LogP contribution in [0.25, 0.3) is 5.69 Å². The van der Waals surface area contributed by atoms with E-state index in [1.165, 1.54) is 0 Å². The first-order valence-corrected chi connectivity index (χ1v) is 9.37. The molecule has 7 heteroatoms. The number of aromatic nitrogens is 3. The largest absolute Gasteiger partial charge is 0.325 e. The van der Waals surface area contributed by atoms with Crippen molar-refractivity contribution in [1.82, 2.24) is 14.8 Å². The Labute approximate surface area is 169 Å². The van der Waals surface area contributed by atoms with E-state index in [9.17, 15) is 14.9 Å². The zero-order valence-electron chi connectivity index (χ0n) is 17.0. The highest BCUT2D eigenvalue weighted by molar-refractivity contribution is 5.92. The molecule has 0 radical (unpaired) electrons. The third-order valence-electron chi connectivity index (χ3n) is 5.08. The molecule has 1 amide bonds. The first kappa shape index (κ1) is 20.1. The number of hydrogen-bond acceptors (Lipinski definition) is 4. The van der Waals surface area contributed by atoms with Crippen LogP contribution in [-0.2, 0) is 11.2 Å². The number of carbonyl (C=O) groups excluding carboxylic acids is 1. The Morgan fingerprint density at radius 1 is 1.21 bits per heavy atom. The number of nitriles is 1. The van der Waals surface area contributed by atoms with Crippen molar-refractivity contribution in [3.63, 3.8) is 0 Å². The molecule has 0 aliphatic carbocycles. The number of aryl methyl sites for hydroxylation is 2. The van der Waals surface area contributed by atoms with Gasteiger partial charge in [-0.25, -0.2) is 4.68 Å². The van der Waals surface area contributed by atoms with Crippen molar-refractivity contribution < 1.29 is 4.79 Å². The lowest BCUT2D eigenvalue weighted by Gasteiger charge is -2.11. The summed E-state index contributed by atoms with van der Waals surface area (Å²) < 4.78 is 1.81. The smallest absolute Gasteiger partial charge is 0.266 e. The topological polar surface area (TPSA) is 104 Å². The third kappa shape index (κ3) is 3.97. The van der Waals surface area contributed by atoms with Gasteiger partial charge >= 0.3 is 0 Å². The Hall–Kier alpha value is -3.66. The fourth-order valence-corrected chi connectivity index (χ4v) is 3.50. The summed E-state index contributed by atoms with van der Waals surface area (Å²) >= 11 is 0. The Morgan fingerprint density at radius 3 is 2.55 bits per heavy atom. The molecule has 0 bridgehead atoms. The number of H-pyrrole nitrogens is 1. The van der Waals surface area contributed by atoms with E-state index in [0.717, 1.165) is 22.6 Å². The molecule has 0 aliphatic rings. The summed E-state index contributed by atoms with van der Waals surface area (Å²) in [6.45, 7) is 7.29. The van der Waals surface area contributed by atoms with Crippen LogP contribution >= 0.6 is 0 Å². The van der Waals surface area contributed by atoms with E-state index < -0.39 is 5.56 Å². The van der Waals surface area contributed by atoms with Gasteiger partial charge in [-0.3, -0.25) is 9.59 Å². The zero-order chi connectivity index (χ0) is 21.1. The van der Waals surface area contributed by atoms with Crippen molar-refractivity contribution in [2.24, 2.45) is 0 Å². The second kappa shape index (κ2) is 8.15. The molecule has 0 fully saturated rings. The lowest BCUT2D eigenvalue weighted by molar-refractivity contribution is -0.116. The third-order valence-corrected chi connectivity index (χ3v) is 5.08. The molecule has 29 heavy (non-hydrogen) atoms. The molecular weight excluding hydrogens is 366 g/mol. The van der Waals surface area contributed by atoms with E-state index >= 15 is 0 Å². The normalized spacial score (nSPS) is 10.6. The van der Waals surface area contributed by atoms with Gasteiger partial charge in [0, 0.05) is 12.1 Å². The minimum Gasteiger partial charge on any atom is -0.325 e. The first-order chi connectivity index (χ1) is 13.8. The predicted octanol–water partition coefficient (Wildman–Crippen LogP) is 3.24. The first-order valence-electron chi connectivity index (χ1n) is 9.37. The van der Waals surface area contributed by atoms with Crippen molar-refractivity contribution in [2.45, 2.75) is 40.5 Å². The predicted molar refractivity (Wildman–Crippen MR) is 111 cm³/mol. The number of benzene rings is 1. The van der Waals surface area contributed by atoms with Crippen LogP contribution < -0.4 is 10.9 Å². The second-order valence-corrected chi connectivity index (χ2v) is 7.01. The molecule has 0 saturated carbocycles. The summed E-state index contributed by atoms with van der Waals surface area (Å²) in [5, 5.41) is 16.7. The van der Waals surface area contributed by atoms with E-state index in [4.69, 9.17) is 0 Å². The van der Waals surface area contributed by atoms with Crippen molar-refractivity contribution in [2.75, 3.05) is 5.32 Å². The molecule has 0 spiro atoms. The molecule has 0 unspecified atom stereocenters. The van der Waals surface area contributed by atoms with Crippen LogP contribution in [0.15, 0.2) is 35.1 Å². The molecule has 2 heterocycles. The van der Waals surface area contributed by atoms with E-state index in [2.05, 4.69) is 15.4 Å². The standard InChI is InChI=1S/C22H23N5O2/c1-13-18(14(2)24-22(29)19(13)12-23)10-11-20(28)25-21-15(3)26-27(16(21)4)17-8-6-5-7-9-17/h5-9H,10-11H2,1-4H3,(H,24,29)(H,25,28). The maximum atomic E-state index is 12.6. The van der Waals surface area contributed by atoms with Crippen LogP contribution in [0.1, 0.15) is 40.2 Å². The molecular formula is C22H23N5O2. The van der Waals surface area contributed by atoms with Gasteiger partial charge < -0.3 is 10.3 Å². The lowest BCUT2D eigenvalue weighted by atomic mass is 9.99. The highest BCUT2D eigenvalue weighted by atomic mass is 16.1. The number of aromatic amines is 1. The van der Waals surface area contributed by atoms with Crippen LogP contribution in [0.4, 0.5) is 5.69 Å². The van der Waals surface area contributed by atoms with Crippen molar-refractivity contribution >= 4 is 11.6 Å². The Bertz CT molecular complexity index is 1170. The SMILES string of the molecule is Cc1nn(-c2ccccc2)c(C)c1NC(=O)CCc1c(C)[nH]c(=O)c(C#N)c1C. The van der Waals surface area contributed by atoms with Gasteiger partial charge in [0.2, 0.25) is 5.91 Å². The highest BCUT2D eigenvalue weighted by Gasteiger charge is 2.17. The van der Waals surface area contributed by atoms with Crippen LogP contribution in [0.3, 0.4) is 0 Å². The average molecular weight is 389 g/mol. The molecule has 7 nitrogen and oxygen atoms in total. The van der Waals surface area contributed by atoms with E-state index in [1.807, 2.05) is 50.2 Å². The van der Waals surface area contributed by atoms with Crippen molar-refractivity contribution in [3.05, 3.63) is 74.5 Å². The molecule has 0 saturated heterocycles. The molecule has 2 N–H and O–H groups in total. The molecule has 3 rings (SSSR count). The Balaban J connectivity index is 1.77. The molecule has 2 aromatic heterocycles. The molecule has 0 aliphatic heterocycles. The number of amides is 1. The number of nitrogens with zero attached hydrogens (tertiary/aromatic N) is 3. The number of nitrogens with one attached hydrogen (secondary N) is 2. The highest BCUT2D eigenvalue weighted by Crippen LogP contribution is 2.23. The number of pyridine rings is 1. The van der Waals surface area contributed by atoms with Gasteiger partial charge in [-0.15, -0.1) is 0 Å².